The second-order valence-corrected chi connectivity index (χ2v) is 3.32. The molecule has 7 heteroatoms. The van der Waals surface area contributed by atoms with Crippen LogP contribution in [0.5, 0.6) is 0 Å². The molecule has 0 bridgehead atoms. The molecule has 80 valence electrons. The summed E-state index contributed by atoms with van der Waals surface area (Å²) in [5, 5.41) is 18.6. The summed E-state index contributed by atoms with van der Waals surface area (Å²) in [5.41, 5.74) is 0. The third-order valence-electron chi connectivity index (χ3n) is 2.27. The van der Waals surface area contributed by atoms with Crippen LogP contribution < -0.4 is 10.2 Å². The smallest absolute Gasteiger partial charge is 0.404 e. The van der Waals surface area contributed by atoms with Crippen molar-refractivity contribution in [1.29, 1.82) is 0 Å². The van der Waals surface area contributed by atoms with Gasteiger partial charge in [0.15, 0.2) is 0 Å². The normalized spacial score (nSPS) is 20.3. The molecule has 0 radical (unpaired) electrons. The Morgan fingerprint density at radius 1 is 1.60 bits per heavy atom. The molecule has 15 heavy (non-hydrogen) atoms. The van der Waals surface area contributed by atoms with Crippen LogP contribution in [0.2, 0.25) is 0 Å². The Kier molecular flexibility index (Phi) is 2.61. The van der Waals surface area contributed by atoms with Crippen molar-refractivity contribution in [1.82, 2.24) is 20.5 Å². The minimum atomic E-state index is -0.992. The first-order valence-electron chi connectivity index (χ1n) is 4.64. The van der Waals surface area contributed by atoms with Crippen LogP contribution >= 0.6 is 0 Å². The molecule has 1 amide bonds. The maximum atomic E-state index is 10.4. The van der Waals surface area contributed by atoms with Crippen molar-refractivity contribution in [2.45, 2.75) is 12.5 Å². The van der Waals surface area contributed by atoms with E-state index in [0.717, 1.165) is 13.0 Å². The lowest BCUT2D eigenvalue weighted by atomic mass is 10.3. The Hall–Kier alpha value is -1.92. The molecule has 2 rings (SSSR count). The van der Waals surface area contributed by atoms with Gasteiger partial charge in [0.25, 0.3) is 0 Å². The monoisotopic (exact) mass is 209 g/mol. The topological polar surface area (TPSA) is 91.2 Å². The van der Waals surface area contributed by atoms with Crippen molar-refractivity contribution >= 4 is 12.0 Å². The second kappa shape index (κ2) is 4.07. The molecule has 0 spiro atoms. The van der Waals surface area contributed by atoms with E-state index in [2.05, 4.69) is 20.5 Å². The molecule has 1 aromatic heterocycles. The number of carbonyl (C=O) groups is 1. The Balaban J connectivity index is 1.96. The second-order valence-electron chi connectivity index (χ2n) is 3.32. The van der Waals surface area contributed by atoms with E-state index >= 15 is 0 Å². The van der Waals surface area contributed by atoms with E-state index in [4.69, 9.17) is 5.11 Å². The highest BCUT2D eigenvalue weighted by atomic mass is 16.4. The molecule has 1 aliphatic heterocycles. The van der Waals surface area contributed by atoms with Crippen LogP contribution in [0.25, 0.3) is 0 Å². The zero-order chi connectivity index (χ0) is 10.7. The molecule has 1 atom stereocenters. The number of rotatable bonds is 2. The molecule has 2 heterocycles. The fourth-order valence-corrected chi connectivity index (χ4v) is 1.62. The van der Waals surface area contributed by atoms with Crippen LogP contribution in [0.15, 0.2) is 12.4 Å². The predicted molar refractivity (Wildman–Crippen MR) is 51.6 cm³/mol. The first-order chi connectivity index (χ1) is 7.25. The average molecular weight is 209 g/mol. The summed E-state index contributed by atoms with van der Waals surface area (Å²) >= 11 is 0. The van der Waals surface area contributed by atoms with E-state index in [9.17, 15) is 4.79 Å². The fraction of sp³-hybridized carbons (Fsp3) is 0.500. The van der Waals surface area contributed by atoms with Gasteiger partial charge in [-0.05, 0) is 6.42 Å². The van der Waals surface area contributed by atoms with Gasteiger partial charge >= 0.3 is 6.09 Å². The van der Waals surface area contributed by atoms with E-state index < -0.39 is 6.09 Å². The van der Waals surface area contributed by atoms with Crippen molar-refractivity contribution in [2.75, 3.05) is 18.0 Å². The molecular formula is C8H11N5O2. The maximum Gasteiger partial charge on any atom is 0.404 e. The van der Waals surface area contributed by atoms with Crippen LogP contribution in [-0.4, -0.2) is 45.5 Å². The Bertz CT molecular complexity index is 344. The maximum absolute atomic E-state index is 10.4. The highest BCUT2D eigenvalue weighted by molar-refractivity contribution is 5.65. The predicted octanol–water partition coefficient (Wildman–Crippen LogP) is -0.282. The number of hydrogen-bond acceptors (Lipinski definition) is 5. The average Bonchev–Trinajstić information content (AvgIpc) is 2.67. The minimum absolute atomic E-state index is 0.0497. The molecule has 7 nitrogen and oxygen atoms in total. The molecule has 1 saturated heterocycles. The summed E-state index contributed by atoms with van der Waals surface area (Å²) in [7, 11) is 0. The minimum Gasteiger partial charge on any atom is -0.465 e. The van der Waals surface area contributed by atoms with Gasteiger partial charge in [0.2, 0.25) is 5.95 Å². The van der Waals surface area contributed by atoms with Crippen molar-refractivity contribution < 1.29 is 9.90 Å². The zero-order valence-electron chi connectivity index (χ0n) is 8.00. The Labute approximate surface area is 86.1 Å². The molecule has 2 N–H and O–H groups in total. The third-order valence-corrected chi connectivity index (χ3v) is 2.27. The molecule has 1 aromatic rings. The largest absolute Gasteiger partial charge is 0.465 e. The molecule has 0 aliphatic carbocycles. The summed E-state index contributed by atoms with van der Waals surface area (Å²) < 4.78 is 0. The van der Waals surface area contributed by atoms with E-state index in [1.807, 2.05) is 4.90 Å². The third kappa shape index (κ3) is 2.30. The first-order valence-corrected chi connectivity index (χ1v) is 4.64. The quantitative estimate of drug-likeness (QED) is 0.696. The Morgan fingerprint density at radius 2 is 2.47 bits per heavy atom. The number of nitrogens with zero attached hydrogens (tertiary/aromatic N) is 4. The molecule has 1 fully saturated rings. The van der Waals surface area contributed by atoms with Crippen LogP contribution in [0.3, 0.4) is 0 Å². The highest BCUT2D eigenvalue weighted by Gasteiger charge is 2.25. The first kappa shape index (κ1) is 9.63. The number of anilines is 1. The van der Waals surface area contributed by atoms with Crippen molar-refractivity contribution in [3.05, 3.63) is 12.4 Å². The van der Waals surface area contributed by atoms with Crippen LogP contribution in [-0.2, 0) is 0 Å². The van der Waals surface area contributed by atoms with Gasteiger partial charge in [0.1, 0.15) is 0 Å². The molecule has 0 saturated carbocycles. The van der Waals surface area contributed by atoms with Gasteiger partial charge in [0, 0.05) is 13.1 Å². The number of hydrogen-bond donors (Lipinski definition) is 2. The number of carboxylic acid groups (broad SMARTS) is 1. The Morgan fingerprint density at radius 3 is 3.13 bits per heavy atom. The number of amides is 1. The van der Waals surface area contributed by atoms with Gasteiger partial charge in [-0.2, -0.15) is 5.10 Å². The SMILES string of the molecule is O=C(O)N[C@@H]1CCN(c2nccnn2)C1. The summed E-state index contributed by atoms with van der Waals surface area (Å²) in [4.78, 5) is 16.4. The van der Waals surface area contributed by atoms with E-state index in [1.54, 1.807) is 6.20 Å². The van der Waals surface area contributed by atoms with E-state index in [-0.39, 0.29) is 6.04 Å². The van der Waals surface area contributed by atoms with Gasteiger partial charge in [-0.3, -0.25) is 0 Å². The fourth-order valence-electron chi connectivity index (χ4n) is 1.62. The highest BCUT2D eigenvalue weighted by Crippen LogP contribution is 2.14. The van der Waals surface area contributed by atoms with E-state index in [1.165, 1.54) is 6.20 Å². The lowest BCUT2D eigenvalue weighted by molar-refractivity contribution is 0.191. The van der Waals surface area contributed by atoms with Gasteiger partial charge < -0.3 is 15.3 Å². The van der Waals surface area contributed by atoms with Crippen molar-refractivity contribution in [2.24, 2.45) is 0 Å². The summed E-state index contributed by atoms with van der Waals surface area (Å²) in [6.45, 7) is 1.34. The standard InChI is InChI=1S/C8H11N5O2/c14-8(15)11-6-1-4-13(5-6)7-9-2-3-10-12-7/h2-3,6,11H,1,4-5H2,(H,14,15)/t6-/m1/s1. The van der Waals surface area contributed by atoms with Gasteiger partial charge in [-0.25, -0.2) is 9.78 Å². The van der Waals surface area contributed by atoms with Gasteiger partial charge in [-0.15, -0.1) is 5.10 Å². The molecule has 0 aromatic carbocycles. The van der Waals surface area contributed by atoms with Crippen molar-refractivity contribution in [3.8, 4) is 0 Å². The van der Waals surface area contributed by atoms with Gasteiger partial charge in [0.05, 0.1) is 18.4 Å². The summed E-state index contributed by atoms with van der Waals surface area (Å²) in [6.07, 6.45) is 2.85. The molecule has 1 aliphatic rings. The lowest BCUT2D eigenvalue weighted by Crippen LogP contribution is -2.36. The summed E-state index contributed by atoms with van der Waals surface area (Å²) in [5.74, 6) is 0.548. The van der Waals surface area contributed by atoms with Crippen LogP contribution in [0.1, 0.15) is 6.42 Å². The van der Waals surface area contributed by atoms with Gasteiger partial charge in [-0.1, -0.05) is 0 Å². The van der Waals surface area contributed by atoms with Crippen molar-refractivity contribution in [3.63, 3.8) is 0 Å². The summed E-state index contributed by atoms with van der Waals surface area (Å²) in [6, 6.07) is -0.0497. The van der Waals surface area contributed by atoms with Crippen LogP contribution in [0, 0.1) is 0 Å². The lowest BCUT2D eigenvalue weighted by Gasteiger charge is -2.14. The van der Waals surface area contributed by atoms with E-state index in [0.29, 0.717) is 12.5 Å². The zero-order valence-corrected chi connectivity index (χ0v) is 8.00. The number of aromatic nitrogens is 3. The number of nitrogens with one attached hydrogen (secondary N) is 1. The molecular weight excluding hydrogens is 198 g/mol. The van der Waals surface area contributed by atoms with Crippen LogP contribution in [0.4, 0.5) is 10.7 Å². The molecule has 0 unspecified atom stereocenters.